The Labute approximate surface area is 164 Å². The van der Waals surface area contributed by atoms with Gasteiger partial charge in [0.05, 0.1) is 17.7 Å². The Kier molecular flexibility index (Phi) is 4.85. The van der Waals surface area contributed by atoms with E-state index in [9.17, 15) is 32.7 Å². The average molecular weight is 411 g/mol. The van der Waals surface area contributed by atoms with Crippen molar-refractivity contribution in [2.24, 2.45) is 5.41 Å². The molecule has 0 aromatic heterocycles. The molecule has 1 aromatic rings. The minimum atomic E-state index is -5.36. The number of aliphatic hydroxyl groups is 1. The molecule has 156 valence electrons. The number of allylic oxidation sites excluding steroid dienone is 1. The minimum Gasteiger partial charge on any atom is -0.462 e. The molecule has 1 N–H and O–H groups in total. The Morgan fingerprint density at radius 2 is 1.76 bits per heavy atom. The maximum Gasteiger partial charge on any atom is 0.430 e. The number of esters is 1. The number of nitrogens with zero attached hydrogens (tertiary/aromatic N) is 1. The molecule has 0 bridgehead atoms. The standard InChI is InChI=1S/C20H20F3NO5/c1-4-29-16(26)11-5-7-12(8-6-11)24-13-9-18(2,3)10-14(25)15(13)19(28,17(24)27)20(21,22)23/h5-8,28H,4,9-10H2,1-3H3. The zero-order valence-electron chi connectivity index (χ0n) is 16.1. The molecule has 1 aliphatic carbocycles. The van der Waals surface area contributed by atoms with Crippen LogP contribution in [0.5, 0.6) is 0 Å². The number of Topliss-reactive ketones (excluding diaryl/α,β-unsaturated/α-hetero) is 1. The lowest BCUT2D eigenvalue weighted by Crippen LogP contribution is -2.55. The number of benzene rings is 1. The van der Waals surface area contributed by atoms with Gasteiger partial charge in [-0.3, -0.25) is 14.5 Å². The highest BCUT2D eigenvalue weighted by molar-refractivity contribution is 6.18. The molecule has 9 heteroatoms. The third-order valence-electron chi connectivity index (χ3n) is 5.04. The molecule has 1 aromatic carbocycles. The second-order valence-electron chi connectivity index (χ2n) is 7.88. The first kappa shape index (κ1) is 21.0. The topological polar surface area (TPSA) is 83.9 Å². The number of ether oxygens (including phenoxy) is 1. The van der Waals surface area contributed by atoms with Gasteiger partial charge in [0, 0.05) is 17.8 Å². The normalized spacial score (nSPS) is 24.0. The summed E-state index contributed by atoms with van der Waals surface area (Å²) < 4.78 is 46.0. The fraction of sp³-hybridized carbons (Fsp3) is 0.450. The molecule has 1 atom stereocenters. The van der Waals surface area contributed by atoms with Crippen LogP contribution in [0.15, 0.2) is 35.5 Å². The second kappa shape index (κ2) is 6.69. The van der Waals surface area contributed by atoms with E-state index >= 15 is 0 Å². The zero-order valence-corrected chi connectivity index (χ0v) is 16.1. The maximum absolute atomic E-state index is 13.7. The summed E-state index contributed by atoms with van der Waals surface area (Å²) in [5.41, 5.74) is -5.49. The number of carbonyl (C=O) groups is 3. The van der Waals surface area contributed by atoms with Crippen molar-refractivity contribution in [3.05, 3.63) is 41.1 Å². The van der Waals surface area contributed by atoms with Gasteiger partial charge in [-0.15, -0.1) is 0 Å². The first-order chi connectivity index (χ1) is 13.3. The number of hydrogen-bond donors (Lipinski definition) is 1. The average Bonchev–Trinajstić information content (AvgIpc) is 2.82. The van der Waals surface area contributed by atoms with E-state index in [1.165, 1.54) is 24.3 Å². The van der Waals surface area contributed by atoms with E-state index in [0.29, 0.717) is 0 Å². The lowest BCUT2D eigenvalue weighted by atomic mass is 9.73. The van der Waals surface area contributed by atoms with Crippen molar-refractivity contribution in [1.82, 2.24) is 0 Å². The summed E-state index contributed by atoms with van der Waals surface area (Å²) in [5, 5.41) is 10.4. The van der Waals surface area contributed by atoms with E-state index in [2.05, 4.69) is 0 Å². The summed E-state index contributed by atoms with van der Waals surface area (Å²) in [6.07, 6.45) is -5.58. The SMILES string of the molecule is CCOC(=O)c1ccc(N2C(=O)C(O)(C(F)(F)F)C3=C2CC(C)(C)CC3=O)cc1. The molecule has 6 nitrogen and oxygen atoms in total. The summed E-state index contributed by atoms with van der Waals surface area (Å²) in [5.74, 6) is -3.17. The Morgan fingerprint density at radius 3 is 2.28 bits per heavy atom. The third-order valence-corrected chi connectivity index (χ3v) is 5.04. The quantitative estimate of drug-likeness (QED) is 0.773. The molecule has 1 aliphatic heterocycles. The van der Waals surface area contributed by atoms with Crippen LogP contribution in [0.2, 0.25) is 0 Å². The third kappa shape index (κ3) is 3.23. The second-order valence-corrected chi connectivity index (χ2v) is 7.88. The first-order valence-electron chi connectivity index (χ1n) is 9.01. The number of amides is 1. The van der Waals surface area contributed by atoms with Gasteiger partial charge in [-0.25, -0.2) is 4.79 Å². The summed E-state index contributed by atoms with van der Waals surface area (Å²) in [4.78, 5) is 37.8. The smallest absolute Gasteiger partial charge is 0.430 e. The van der Waals surface area contributed by atoms with Gasteiger partial charge in [0.25, 0.3) is 11.5 Å². The van der Waals surface area contributed by atoms with Crippen LogP contribution in [0, 0.1) is 5.41 Å². The van der Waals surface area contributed by atoms with Crippen molar-refractivity contribution in [3.8, 4) is 0 Å². The Hall–Kier alpha value is -2.68. The van der Waals surface area contributed by atoms with Gasteiger partial charge in [-0.05, 0) is 43.0 Å². The Morgan fingerprint density at radius 1 is 1.17 bits per heavy atom. The molecule has 29 heavy (non-hydrogen) atoms. The molecule has 0 radical (unpaired) electrons. The van der Waals surface area contributed by atoms with E-state index in [0.717, 1.165) is 4.90 Å². The summed E-state index contributed by atoms with van der Waals surface area (Å²) in [6.45, 7) is 5.18. The van der Waals surface area contributed by atoms with Crippen LogP contribution in [0.1, 0.15) is 44.0 Å². The van der Waals surface area contributed by atoms with Gasteiger partial charge >= 0.3 is 12.1 Å². The summed E-state index contributed by atoms with van der Waals surface area (Å²) in [6, 6.07) is 5.18. The number of carbonyl (C=O) groups excluding carboxylic acids is 3. The van der Waals surface area contributed by atoms with Crippen LogP contribution in [-0.2, 0) is 14.3 Å². The van der Waals surface area contributed by atoms with Gasteiger partial charge in [-0.1, -0.05) is 13.8 Å². The monoisotopic (exact) mass is 411 g/mol. The van der Waals surface area contributed by atoms with Crippen LogP contribution in [0.3, 0.4) is 0 Å². The van der Waals surface area contributed by atoms with Crippen LogP contribution in [-0.4, -0.2) is 41.2 Å². The van der Waals surface area contributed by atoms with Gasteiger partial charge in [-0.2, -0.15) is 13.2 Å². The summed E-state index contributed by atoms with van der Waals surface area (Å²) in [7, 11) is 0. The molecule has 0 fully saturated rings. The van der Waals surface area contributed by atoms with Crippen molar-refractivity contribution in [2.75, 3.05) is 11.5 Å². The number of alkyl halides is 3. The Bertz CT molecular complexity index is 917. The number of rotatable bonds is 3. The fourth-order valence-electron chi connectivity index (χ4n) is 3.78. The van der Waals surface area contributed by atoms with E-state index in [1.54, 1.807) is 20.8 Å². The highest BCUT2D eigenvalue weighted by atomic mass is 19.4. The fourth-order valence-corrected chi connectivity index (χ4v) is 3.78. The number of anilines is 1. The molecule has 2 aliphatic rings. The van der Waals surface area contributed by atoms with Crippen LogP contribution >= 0.6 is 0 Å². The molecular formula is C20H20F3NO5. The summed E-state index contributed by atoms with van der Waals surface area (Å²) >= 11 is 0. The highest BCUT2D eigenvalue weighted by Crippen LogP contribution is 2.52. The highest BCUT2D eigenvalue weighted by Gasteiger charge is 2.70. The van der Waals surface area contributed by atoms with E-state index in [-0.39, 0.29) is 36.4 Å². The molecule has 1 unspecified atom stereocenters. The molecule has 0 saturated heterocycles. The lowest BCUT2D eigenvalue weighted by molar-refractivity contribution is -0.235. The van der Waals surface area contributed by atoms with E-state index in [1.807, 2.05) is 0 Å². The van der Waals surface area contributed by atoms with Gasteiger partial charge in [0.2, 0.25) is 0 Å². The van der Waals surface area contributed by atoms with Gasteiger partial charge < -0.3 is 9.84 Å². The van der Waals surface area contributed by atoms with Gasteiger partial charge in [0.1, 0.15) is 0 Å². The number of halogens is 3. The maximum atomic E-state index is 13.7. The molecule has 0 spiro atoms. The zero-order chi connectivity index (χ0) is 21.8. The predicted molar refractivity (Wildman–Crippen MR) is 95.9 cm³/mol. The van der Waals surface area contributed by atoms with E-state index < -0.39 is 40.4 Å². The van der Waals surface area contributed by atoms with Crippen molar-refractivity contribution < 1.29 is 37.4 Å². The molecule has 0 saturated carbocycles. The van der Waals surface area contributed by atoms with Crippen LogP contribution < -0.4 is 4.90 Å². The van der Waals surface area contributed by atoms with Crippen molar-refractivity contribution >= 4 is 23.3 Å². The van der Waals surface area contributed by atoms with Crippen LogP contribution in [0.4, 0.5) is 18.9 Å². The lowest BCUT2D eigenvalue weighted by Gasteiger charge is -2.33. The Balaban J connectivity index is 2.13. The largest absolute Gasteiger partial charge is 0.462 e. The van der Waals surface area contributed by atoms with Crippen LogP contribution in [0.25, 0.3) is 0 Å². The molecule has 1 amide bonds. The molecular weight excluding hydrogens is 391 g/mol. The van der Waals surface area contributed by atoms with E-state index in [4.69, 9.17) is 4.74 Å². The van der Waals surface area contributed by atoms with Crippen molar-refractivity contribution in [3.63, 3.8) is 0 Å². The number of hydrogen-bond acceptors (Lipinski definition) is 5. The predicted octanol–water partition coefficient (Wildman–Crippen LogP) is 3.15. The molecule has 1 heterocycles. The number of ketones is 1. The molecule has 3 rings (SSSR count). The van der Waals surface area contributed by atoms with Crippen molar-refractivity contribution in [1.29, 1.82) is 0 Å². The van der Waals surface area contributed by atoms with Gasteiger partial charge in [0.15, 0.2) is 5.78 Å². The first-order valence-corrected chi connectivity index (χ1v) is 9.01. The minimum absolute atomic E-state index is 0.00215. The van der Waals surface area contributed by atoms with Crippen molar-refractivity contribution in [2.45, 2.75) is 45.4 Å².